The summed E-state index contributed by atoms with van der Waals surface area (Å²) in [5.41, 5.74) is 0.822. The minimum Gasteiger partial charge on any atom is -0.506 e. The van der Waals surface area contributed by atoms with E-state index in [9.17, 15) is 9.90 Å². The molecule has 0 aliphatic carbocycles. The first-order valence-corrected chi connectivity index (χ1v) is 5.14. The number of oxazole rings is 1. The van der Waals surface area contributed by atoms with Crippen LogP contribution in [0.5, 0.6) is 5.75 Å². The molecule has 0 radical (unpaired) electrons. The van der Waals surface area contributed by atoms with E-state index in [1.54, 1.807) is 24.3 Å². The van der Waals surface area contributed by atoms with Crippen molar-refractivity contribution in [3.05, 3.63) is 36.4 Å². The Balaban J connectivity index is 2.23. The summed E-state index contributed by atoms with van der Waals surface area (Å²) in [4.78, 5) is 17.5. The number of aromatic amines is 1. The summed E-state index contributed by atoms with van der Waals surface area (Å²) in [7, 11) is 0. The molecule has 18 heavy (non-hydrogen) atoms. The lowest BCUT2D eigenvalue weighted by molar-refractivity contribution is 0.0691. The van der Waals surface area contributed by atoms with Crippen molar-refractivity contribution in [1.29, 1.82) is 0 Å². The number of para-hydroxylation sites is 1. The van der Waals surface area contributed by atoms with Crippen molar-refractivity contribution in [3.8, 4) is 17.2 Å². The number of nitrogens with zero attached hydrogens (tertiary/aromatic N) is 1. The highest BCUT2D eigenvalue weighted by atomic mass is 16.4. The summed E-state index contributed by atoms with van der Waals surface area (Å²) >= 11 is 0. The van der Waals surface area contributed by atoms with E-state index in [1.165, 1.54) is 0 Å². The minimum atomic E-state index is -1.17. The van der Waals surface area contributed by atoms with Crippen molar-refractivity contribution in [2.45, 2.75) is 0 Å². The fourth-order valence-electron chi connectivity index (χ4n) is 1.85. The van der Waals surface area contributed by atoms with Gasteiger partial charge in [-0.3, -0.25) is 0 Å². The number of phenolic OH excluding ortho intramolecular Hbond substituents is 1. The van der Waals surface area contributed by atoms with Crippen LogP contribution in [0.25, 0.3) is 22.4 Å². The molecule has 0 spiro atoms. The Kier molecular flexibility index (Phi) is 2.09. The number of phenols is 1. The summed E-state index contributed by atoms with van der Waals surface area (Å²) in [5.74, 6) is -0.935. The van der Waals surface area contributed by atoms with Crippen LogP contribution in [0, 0.1) is 0 Å². The van der Waals surface area contributed by atoms with E-state index in [-0.39, 0.29) is 17.2 Å². The molecule has 90 valence electrons. The average molecular weight is 244 g/mol. The molecule has 6 nitrogen and oxygen atoms in total. The first-order chi connectivity index (χ1) is 8.66. The van der Waals surface area contributed by atoms with Crippen LogP contribution in [-0.2, 0) is 0 Å². The molecule has 6 heteroatoms. The van der Waals surface area contributed by atoms with Crippen LogP contribution < -0.4 is 0 Å². The van der Waals surface area contributed by atoms with Gasteiger partial charge < -0.3 is 19.6 Å². The Labute approximate surface area is 101 Å². The predicted molar refractivity (Wildman–Crippen MR) is 62.4 cm³/mol. The summed E-state index contributed by atoms with van der Waals surface area (Å²) < 4.78 is 5.08. The number of carboxylic acids is 1. The van der Waals surface area contributed by atoms with Gasteiger partial charge in [0, 0.05) is 5.39 Å². The highest BCUT2D eigenvalue weighted by molar-refractivity contribution is 5.95. The lowest BCUT2D eigenvalue weighted by Crippen LogP contribution is -1.98. The van der Waals surface area contributed by atoms with Crippen molar-refractivity contribution in [2.24, 2.45) is 0 Å². The zero-order valence-corrected chi connectivity index (χ0v) is 9.04. The fraction of sp³-hybridized carbons (Fsp3) is 0. The second kappa shape index (κ2) is 3.63. The number of nitrogens with one attached hydrogen (secondary N) is 1. The molecular formula is C12H8N2O4. The lowest BCUT2D eigenvalue weighted by atomic mass is 10.2. The topological polar surface area (TPSA) is 99.3 Å². The number of hydrogen-bond acceptors (Lipinski definition) is 4. The molecule has 3 aromatic rings. The third-order valence-electron chi connectivity index (χ3n) is 2.65. The Hall–Kier alpha value is -2.76. The summed E-state index contributed by atoms with van der Waals surface area (Å²) in [5, 5.41) is 19.4. The van der Waals surface area contributed by atoms with Crippen LogP contribution in [0.1, 0.15) is 10.5 Å². The maximum Gasteiger partial charge on any atom is 0.358 e. The van der Waals surface area contributed by atoms with Gasteiger partial charge in [-0.2, -0.15) is 0 Å². The number of H-pyrrole nitrogens is 1. The van der Waals surface area contributed by atoms with Crippen molar-refractivity contribution < 1.29 is 19.4 Å². The number of benzene rings is 1. The second-order valence-electron chi connectivity index (χ2n) is 3.76. The maximum absolute atomic E-state index is 11.0. The normalized spacial score (nSPS) is 10.9. The summed E-state index contributed by atoms with van der Waals surface area (Å²) in [6.07, 6.45) is 1.07. The number of carboxylic acid groups (broad SMARTS) is 1. The Morgan fingerprint density at radius 1 is 1.39 bits per heavy atom. The van der Waals surface area contributed by atoms with Gasteiger partial charge in [-0.1, -0.05) is 12.1 Å². The zero-order chi connectivity index (χ0) is 12.7. The smallest absolute Gasteiger partial charge is 0.358 e. The molecule has 2 aromatic heterocycles. The van der Waals surface area contributed by atoms with E-state index in [1.807, 2.05) is 0 Å². The van der Waals surface area contributed by atoms with Gasteiger partial charge in [-0.25, -0.2) is 9.78 Å². The quantitative estimate of drug-likeness (QED) is 0.641. The van der Waals surface area contributed by atoms with Crippen LogP contribution in [-0.4, -0.2) is 26.2 Å². The van der Waals surface area contributed by atoms with Gasteiger partial charge in [-0.15, -0.1) is 0 Å². The zero-order valence-electron chi connectivity index (χ0n) is 9.04. The number of aromatic hydroxyl groups is 1. The second-order valence-corrected chi connectivity index (χ2v) is 3.76. The molecule has 0 saturated carbocycles. The van der Waals surface area contributed by atoms with Crippen LogP contribution in [0.4, 0.5) is 0 Å². The van der Waals surface area contributed by atoms with Gasteiger partial charge in [-0.05, 0) is 12.1 Å². The van der Waals surface area contributed by atoms with Crippen LogP contribution in [0.15, 0.2) is 35.1 Å². The number of aromatic nitrogens is 2. The highest BCUT2D eigenvalue weighted by Gasteiger charge is 2.19. The molecule has 3 N–H and O–H groups in total. The van der Waals surface area contributed by atoms with E-state index in [4.69, 9.17) is 9.52 Å². The van der Waals surface area contributed by atoms with Gasteiger partial charge >= 0.3 is 5.97 Å². The minimum absolute atomic E-state index is 0.0927. The van der Waals surface area contributed by atoms with Gasteiger partial charge in [0.2, 0.25) is 0 Å². The predicted octanol–water partition coefficient (Wildman–Crippen LogP) is 2.23. The molecule has 3 rings (SSSR count). The monoisotopic (exact) mass is 244 g/mol. The number of carbonyl (C=O) groups is 1. The fourth-order valence-corrected chi connectivity index (χ4v) is 1.85. The molecule has 0 fully saturated rings. The lowest BCUT2D eigenvalue weighted by Gasteiger charge is -1.93. The summed E-state index contributed by atoms with van der Waals surface area (Å²) in [6.45, 7) is 0. The van der Waals surface area contributed by atoms with Gasteiger partial charge in [0.1, 0.15) is 5.75 Å². The number of aromatic carboxylic acids is 1. The van der Waals surface area contributed by atoms with Crippen molar-refractivity contribution in [2.75, 3.05) is 0 Å². The van der Waals surface area contributed by atoms with Crippen molar-refractivity contribution in [3.63, 3.8) is 0 Å². The van der Waals surface area contributed by atoms with Gasteiger partial charge in [0.25, 0.3) is 0 Å². The molecule has 0 unspecified atom stereocenters. The molecule has 0 saturated heterocycles. The molecule has 0 amide bonds. The van der Waals surface area contributed by atoms with E-state index >= 15 is 0 Å². The third-order valence-corrected chi connectivity index (χ3v) is 2.65. The SMILES string of the molecule is O=C(O)c1ncoc1-c1cc2cccc(O)c2[nH]1. The van der Waals surface area contributed by atoms with Crippen LogP contribution in [0.3, 0.4) is 0 Å². The van der Waals surface area contributed by atoms with Crippen molar-refractivity contribution in [1.82, 2.24) is 9.97 Å². The Bertz CT molecular complexity index is 741. The van der Waals surface area contributed by atoms with E-state index in [0.29, 0.717) is 11.2 Å². The van der Waals surface area contributed by atoms with E-state index in [0.717, 1.165) is 11.8 Å². The summed E-state index contributed by atoms with van der Waals surface area (Å²) in [6, 6.07) is 6.74. The molecule has 2 heterocycles. The Morgan fingerprint density at radius 3 is 2.94 bits per heavy atom. The Morgan fingerprint density at radius 2 is 2.22 bits per heavy atom. The maximum atomic E-state index is 11.0. The van der Waals surface area contributed by atoms with Gasteiger partial charge in [0.15, 0.2) is 17.8 Å². The third kappa shape index (κ3) is 1.43. The first kappa shape index (κ1) is 10.4. The highest BCUT2D eigenvalue weighted by Crippen LogP contribution is 2.30. The molecule has 0 aliphatic heterocycles. The largest absolute Gasteiger partial charge is 0.506 e. The van der Waals surface area contributed by atoms with Crippen molar-refractivity contribution >= 4 is 16.9 Å². The molecule has 0 bridgehead atoms. The molecular weight excluding hydrogens is 236 g/mol. The average Bonchev–Trinajstić information content (AvgIpc) is 2.95. The molecule has 1 aromatic carbocycles. The van der Waals surface area contributed by atoms with Gasteiger partial charge in [0.05, 0.1) is 11.2 Å². The van der Waals surface area contributed by atoms with Crippen LogP contribution in [0.2, 0.25) is 0 Å². The van der Waals surface area contributed by atoms with E-state index < -0.39 is 5.97 Å². The number of fused-ring (bicyclic) bond motifs is 1. The first-order valence-electron chi connectivity index (χ1n) is 5.14. The molecule has 0 aliphatic rings. The van der Waals surface area contributed by atoms with E-state index in [2.05, 4.69) is 9.97 Å². The molecule has 0 atom stereocenters. The number of hydrogen-bond donors (Lipinski definition) is 3. The number of rotatable bonds is 2. The van der Waals surface area contributed by atoms with Crippen LogP contribution >= 0.6 is 0 Å². The standard InChI is InChI=1S/C12H8N2O4/c15-8-3-1-2-6-4-7(14-9(6)8)11-10(12(16)17)13-5-18-11/h1-5,14-15H,(H,16,17).